The molecule has 1 heterocycles. The molecule has 1 aromatic heterocycles. The van der Waals surface area contributed by atoms with Gasteiger partial charge in [0.05, 0.1) is 6.26 Å². The average Bonchev–Trinajstić information content (AvgIpc) is 2.47. The Kier molecular flexibility index (Phi) is 2.12. The van der Waals surface area contributed by atoms with Gasteiger partial charge in [-0.3, -0.25) is 4.79 Å². The van der Waals surface area contributed by atoms with Gasteiger partial charge in [-0.25, -0.2) is 0 Å². The molecule has 0 aliphatic heterocycles. The van der Waals surface area contributed by atoms with Crippen LogP contribution in [-0.4, -0.2) is 5.78 Å². The first-order valence-electron chi connectivity index (χ1n) is 4.63. The second-order valence-electron chi connectivity index (χ2n) is 3.64. The molecule has 0 radical (unpaired) electrons. The maximum absolute atomic E-state index is 11.0. The molecule has 0 saturated heterocycles. The van der Waals surface area contributed by atoms with Crippen LogP contribution in [0.25, 0.3) is 11.0 Å². The highest BCUT2D eigenvalue weighted by molar-refractivity contribution is 5.87. The molecule has 0 aliphatic rings. The minimum Gasteiger partial charge on any atom is -0.464 e. The molecule has 0 atom stereocenters. The maximum Gasteiger partial charge on any atom is 0.134 e. The Morgan fingerprint density at radius 1 is 1.43 bits per heavy atom. The van der Waals surface area contributed by atoms with E-state index in [1.54, 1.807) is 13.2 Å². The van der Waals surface area contributed by atoms with E-state index in [1.807, 2.05) is 25.1 Å². The number of benzene rings is 1. The van der Waals surface area contributed by atoms with Crippen LogP contribution in [0.15, 0.2) is 28.9 Å². The van der Waals surface area contributed by atoms with Crippen molar-refractivity contribution in [1.29, 1.82) is 0 Å². The standard InChI is InChI=1S/C12H12O2/c1-8-3-4-11-10(6-9(2)13)7-14-12(11)5-8/h3-5,7H,6H2,1-2H3. The van der Waals surface area contributed by atoms with Crippen molar-refractivity contribution < 1.29 is 9.21 Å². The molecule has 2 aromatic rings. The van der Waals surface area contributed by atoms with E-state index >= 15 is 0 Å². The van der Waals surface area contributed by atoms with E-state index < -0.39 is 0 Å². The molecule has 2 nitrogen and oxygen atoms in total. The monoisotopic (exact) mass is 188 g/mol. The fourth-order valence-corrected chi connectivity index (χ4v) is 1.60. The van der Waals surface area contributed by atoms with Crippen LogP contribution >= 0.6 is 0 Å². The lowest BCUT2D eigenvalue weighted by molar-refractivity contribution is -0.116. The minimum absolute atomic E-state index is 0.160. The predicted molar refractivity (Wildman–Crippen MR) is 55.3 cm³/mol. The second kappa shape index (κ2) is 3.29. The fourth-order valence-electron chi connectivity index (χ4n) is 1.60. The van der Waals surface area contributed by atoms with Crippen LogP contribution in [0, 0.1) is 6.92 Å². The molecule has 2 heteroatoms. The van der Waals surface area contributed by atoms with Gasteiger partial charge in [0.1, 0.15) is 11.4 Å². The number of hydrogen-bond donors (Lipinski definition) is 0. The van der Waals surface area contributed by atoms with Crippen LogP contribution in [0.5, 0.6) is 0 Å². The van der Waals surface area contributed by atoms with Gasteiger partial charge in [0.2, 0.25) is 0 Å². The third-order valence-electron chi connectivity index (χ3n) is 2.25. The zero-order valence-electron chi connectivity index (χ0n) is 8.33. The lowest BCUT2D eigenvalue weighted by atomic mass is 10.1. The van der Waals surface area contributed by atoms with Crippen molar-refractivity contribution in [2.24, 2.45) is 0 Å². The van der Waals surface area contributed by atoms with Crippen molar-refractivity contribution in [2.75, 3.05) is 0 Å². The highest BCUT2D eigenvalue weighted by Gasteiger charge is 2.07. The molecule has 0 fully saturated rings. The molecular formula is C12H12O2. The number of furan rings is 1. The largest absolute Gasteiger partial charge is 0.464 e. The van der Waals surface area contributed by atoms with Crippen molar-refractivity contribution in [1.82, 2.24) is 0 Å². The van der Waals surface area contributed by atoms with Gasteiger partial charge >= 0.3 is 0 Å². The predicted octanol–water partition coefficient (Wildman–Crippen LogP) is 2.87. The van der Waals surface area contributed by atoms with Crippen LogP contribution in [0.2, 0.25) is 0 Å². The van der Waals surface area contributed by atoms with Gasteiger partial charge < -0.3 is 4.42 Å². The Hall–Kier alpha value is -1.57. The number of ketones is 1. The number of fused-ring (bicyclic) bond motifs is 1. The van der Waals surface area contributed by atoms with Gasteiger partial charge in [0, 0.05) is 17.4 Å². The molecule has 0 saturated carbocycles. The lowest BCUT2D eigenvalue weighted by Crippen LogP contribution is -1.94. The topological polar surface area (TPSA) is 30.2 Å². The number of Topliss-reactive ketones (excluding diaryl/α,β-unsaturated/α-hetero) is 1. The number of hydrogen-bond acceptors (Lipinski definition) is 2. The van der Waals surface area contributed by atoms with Gasteiger partial charge in [0.25, 0.3) is 0 Å². The summed E-state index contributed by atoms with van der Waals surface area (Å²) in [5.74, 6) is 0.160. The Morgan fingerprint density at radius 3 is 2.93 bits per heavy atom. The van der Waals surface area contributed by atoms with Gasteiger partial charge in [-0.05, 0) is 25.5 Å². The van der Waals surface area contributed by atoms with Crippen molar-refractivity contribution >= 4 is 16.8 Å². The van der Waals surface area contributed by atoms with Crippen LogP contribution in [-0.2, 0) is 11.2 Å². The van der Waals surface area contributed by atoms with Crippen molar-refractivity contribution in [3.63, 3.8) is 0 Å². The summed E-state index contributed by atoms with van der Waals surface area (Å²) in [5, 5.41) is 1.05. The maximum atomic E-state index is 11.0. The summed E-state index contributed by atoms with van der Waals surface area (Å²) in [6.07, 6.45) is 2.13. The number of carbonyl (C=O) groups is 1. The van der Waals surface area contributed by atoms with Gasteiger partial charge in [0.15, 0.2) is 0 Å². The van der Waals surface area contributed by atoms with Crippen molar-refractivity contribution in [2.45, 2.75) is 20.3 Å². The van der Waals surface area contributed by atoms with E-state index in [1.165, 1.54) is 5.56 Å². The normalized spacial score (nSPS) is 10.7. The number of rotatable bonds is 2. The average molecular weight is 188 g/mol. The van der Waals surface area contributed by atoms with E-state index in [2.05, 4.69) is 0 Å². The van der Waals surface area contributed by atoms with E-state index in [-0.39, 0.29) is 5.78 Å². The van der Waals surface area contributed by atoms with Crippen LogP contribution < -0.4 is 0 Å². The zero-order valence-corrected chi connectivity index (χ0v) is 8.33. The molecule has 0 bridgehead atoms. The zero-order chi connectivity index (χ0) is 10.1. The number of aryl methyl sites for hydroxylation is 1. The Bertz CT molecular complexity index is 480. The second-order valence-corrected chi connectivity index (χ2v) is 3.64. The summed E-state index contributed by atoms with van der Waals surface area (Å²) in [6.45, 7) is 3.61. The molecule has 0 spiro atoms. The summed E-state index contributed by atoms with van der Waals surface area (Å²) >= 11 is 0. The van der Waals surface area contributed by atoms with Gasteiger partial charge in [-0.2, -0.15) is 0 Å². The molecule has 72 valence electrons. The van der Waals surface area contributed by atoms with Gasteiger partial charge in [-0.15, -0.1) is 0 Å². The first-order valence-corrected chi connectivity index (χ1v) is 4.63. The Balaban J connectivity index is 2.52. The highest BCUT2D eigenvalue weighted by Crippen LogP contribution is 2.22. The van der Waals surface area contributed by atoms with Crippen LogP contribution in [0.3, 0.4) is 0 Å². The Morgan fingerprint density at radius 2 is 2.21 bits per heavy atom. The summed E-state index contributed by atoms with van der Waals surface area (Å²) in [6, 6.07) is 6.02. The molecule has 0 N–H and O–H groups in total. The molecule has 0 amide bonds. The SMILES string of the molecule is CC(=O)Cc1coc2cc(C)ccc12. The quantitative estimate of drug-likeness (QED) is 0.725. The third kappa shape index (κ3) is 1.55. The van der Waals surface area contributed by atoms with E-state index in [0.717, 1.165) is 16.5 Å². The smallest absolute Gasteiger partial charge is 0.134 e. The molecule has 1 aromatic carbocycles. The number of carbonyl (C=O) groups excluding carboxylic acids is 1. The fraction of sp³-hybridized carbons (Fsp3) is 0.250. The van der Waals surface area contributed by atoms with E-state index in [0.29, 0.717) is 6.42 Å². The summed E-state index contributed by atoms with van der Waals surface area (Å²) < 4.78 is 5.38. The molecule has 0 unspecified atom stereocenters. The molecule has 2 rings (SSSR count). The summed E-state index contributed by atoms with van der Waals surface area (Å²) in [5.41, 5.74) is 3.01. The first-order chi connectivity index (χ1) is 6.66. The lowest BCUT2D eigenvalue weighted by Gasteiger charge is -1.94. The van der Waals surface area contributed by atoms with Crippen LogP contribution in [0.1, 0.15) is 18.1 Å². The van der Waals surface area contributed by atoms with E-state index in [4.69, 9.17) is 4.42 Å². The van der Waals surface area contributed by atoms with Crippen LogP contribution in [0.4, 0.5) is 0 Å². The minimum atomic E-state index is 0.160. The van der Waals surface area contributed by atoms with E-state index in [9.17, 15) is 4.79 Å². The Labute approximate surface area is 82.5 Å². The highest BCUT2D eigenvalue weighted by atomic mass is 16.3. The third-order valence-corrected chi connectivity index (χ3v) is 2.25. The molecule has 0 aliphatic carbocycles. The van der Waals surface area contributed by atoms with Crippen molar-refractivity contribution in [3.05, 3.63) is 35.6 Å². The summed E-state index contributed by atoms with van der Waals surface area (Å²) in [7, 11) is 0. The van der Waals surface area contributed by atoms with Gasteiger partial charge in [-0.1, -0.05) is 12.1 Å². The summed E-state index contributed by atoms with van der Waals surface area (Å²) in [4.78, 5) is 11.0. The first kappa shape index (κ1) is 9.00. The molecule has 14 heavy (non-hydrogen) atoms. The molecular weight excluding hydrogens is 176 g/mol. The van der Waals surface area contributed by atoms with Crippen molar-refractivity contribution in [3.8, 4) is 0 Å².